The molecular formula is C23H32F2N2O3. The van der Waals surface area contributed by atoms with Gasteiger partial charge >= 0.3 is 0 Å². The molecule has 0 atom stereocenters. The number of alkyl halides is 2. The number of ether oxygens (including phenoxy) is 2. The predicted molar refractivity (Wildman–Crippen MR) is 109 cm³/mol. The van der Waals surface area contributed by atoms with Gasteiger partial charge < -0.3 is 14.6 Å². The zero-order chi connectivity index (χ0) is 20.8. The lowest BCUT2D eigenvalue weighted by Crippen LogP contribution is -2.54. The molecule has 0 unspecified atom stereocenters. The first-order valence-corrected chi connectivity index (χ1v) is 11.4. The minimum absolute atomic E-state index is 0.220. The highest BCUT2D eigenvalue weighted by Crippen LogP contribution is 2.42. The summed E-state index contributed by atoms with van der Waals surface area (Å²) in [6.07, 6.45) is 4.35. The van der Waals surface area contributed by atoms with Crippen LogP contribution in [0.25, 0.3) is 0 Å². The molecule has 2 saturated heterocycles. The minimum atomic E-state index is -2.33. The Bertz CT molecular complexity index is 755. The number of halogens is 2. The molecule has 0 amide bonds. The average Bonchev–Trinajstić information content (AvgIpc) is 2.70. The fourth-order valence-corrected chi connectivity index (χ4v) is 5.34. The first-order valence-electron chi connectivity index (χ1n) is 11.4. The first kappa shape index (κ1) is 20.6. The summed E-state index contributed by atoms with van der Waals surface area (Å²) < 4.78 is 37.8. The van der Waals surface area contributed by atoms with Gasteiger partial charge in [0.25, 0.3) is 6.43 Å². The molecule has 1 aromatic rings. The first-order chi connectivity index (χ1) is 14.4. The van der Waals surface area contributed by atoms with Crippen LogP contribution in [0, 0.1) is 0 Å². The molecule has 30 heavy (non-hydrogen) atoms. The van der Waals surface area contributed by atoms with Crippen molar-refractivity contribution in [1.82, 2.24) is 9.80 Å². The fourth-order valence-electron chi connectivity index (χ4n) is 5.34. The van der Waals surface area contributed by atoms with Crippen molar-refractivity contribution in [3.05, 3.63) is 29.3 Å². The smallest absolute Gasteiger partial charge is 0.251 e. The van der Waals surface area contributed by atoms with Crippen LogP contribution in [0.5, 0.6) is 5.75 Å². The Morgan fingerprint density at radius 1 is 1.07 bits per heavy atom. The van der Waals surface area contributed by atoms with Gasteiger partial charge in [-0.3, -0.25) is 9.80 Å². The highest BCUT2D eigenvalue weighted by molar-refractivity contribution is 5.40. The van der Waals surface area contributed by atoms with E-state index in [0.29, 0.717) is 32.5 Å². The summed E-state index contributed by atoms with van der Waals surface area (Å²) in [5.41, 5.74) is 0.820. The largest absolute Gasteiger partial charge is 0.462 e. The van der Waals surface area contributed by atoms with Crippen molar-refractivity contribution in [2.45, 2.75) is 75.4 Å². The molecule has 1 spiro atoms. The normalized spacial score (nSPS) is 26.9. The Morgan fingerprint density at radius 3 is 2.43 bits per heavy atom. The van der Waals surface area contributed by atoms with E-state index in [-0.39, 0.29) is 6.54 Å². The number of aliphatic hydroxyl groups is 1. The molecule has 0 bridgehead atoms. The van der Waals surface area contributed by atoms with Crippen LogP contribution < -0.4 is 4.74 Å². The number of piperidine rings is 2. The van der Waals surface area contributed by atoms with Gasteiger partial charge in [0.1, 0.15) is 5.75 Å². The number of rotatable bonds is 4. The van der Waals surface area contributed by atoms with Crippen LogP contribution in [0.4, 0.5) is 8.78 Å². The summed E-state index contributed by atoms with van der Waals surface area (Å²) >= 11 is 0. The molecule has 3 fully saturated rings. The molecule has 3 aliphatic heterocycles. The van der Waals surface area contributed by atoms with E-state index in [4.69, 9.17) is 9.47 Å². The lowest BCUT2D eigenvalue weighted by atomic mass is 9.83. The van der Waals surface area contributed by atoms with Crippen molar-refractivity contribution >= 4 is 0 Å². The monoisotopic (exact) mass is 422 g/mol. The molecule has 1 N–H and O–H groups in total. The number of likely N-dealkylation sites (tertiary alicyclic amines) is 2. The van der Waals surface area contributed by atoms with Gasteiger partial charge in [-0.05, 0) is 43.4 Å². The van der Waals surface area contributed by atoms with Crippen molar-refractivity contribution in [2.75, 3.05) is 32.7 Å². The summed E-state index contributed by atoms with van der Waals surface area (Å²) in [5.74, 6) is 0.326. The van der Waals surface area contributed by atoms with E-state index in [9.17, 15) is 13.9 Å². The van der Waals surface area contributed by atoms with Gasteiger partial charge in [0.15, 0.2) is 0 Å². The van der Waals surface area contributed by atoms with Gasteiger partial charge in [-0.2, -0.15) is 0 Å². The molecule has 0 radical (unpaired) electrons. The highest BCUT2D eigenvalue weighted by Gasteiger charge is 2.43. The minimum Gasteiger partial charge on any atom is -0.462 e. The maximum Gasteiger partial charge on any atom is 0.251 e. The zero-order valence-electron chi connectivity index (χ0n) is 17.5. The molecule has 7 heteroatoms. The van der Waals surface area contributed by atoms with Gasteiger partial charge in [-0.15, -0.1) is 0 Å². The SMILES string of the molecule is OC1(c2ccc3c(c2)COC2(CCN(C4CCC4)CC2)O3)CCN(CC(F)F)CC1. The summed E-state index contributed by atoms with van der Waals surface area (Å²) in [4.78, 5) is 4.31. The summed E-state index contributed by atoms with van der Waals surface area (Å²) in [7, 11) is 0. The van der Waals surface area contributed by atoms with E-state index in [1.165, 1.54) is 19.3 Å². The molecule has 5 rings (SSSR count). The third kappa shape index (κ3) is 3.97. The zero-order valence-corrected chi connectivity index (χ0v) is 17.5. The predicted octanol–water partition coefficient (Wildman–Crippen LogP) is 3.49. The third-order valence-corrected chi connectivity index (χ3v) is 7.61. The quantitative estimate of drug-likeness (QED) is 0.805. The van der Waals surface area contributed by atoms with E-state index in [2.05, 4.69) is 4.90 Å². The topological polar surface area (TPSA) is 45.2 Å². The Kier molecular flexibility index (Phi) is 5.50. The van der Waals surface area contributed by atoms with Crippen LogP contribution in [0.1, 0.15) is 56.1 Å². The van der Waals surface area contributed by atoms with Crippen molar-refractivity contribution in [2.24, 2.45) is 0 Å². The maximum atomic E-state index is 12.6. The number of hydrogen-bond acceptors (Lipinski definition) is 5. The highest BCUT2D eigenvalue weighted by atomic mass is 19.3. The van der Waals surface area contributed by atoms with Crippen molar-refractivity contribution < 1.29 is 23.4 Å². The molecule has 4 aliphatic rings. The fraction of sp³-hybridized carbons (Fsp3) is 0.739. The average molecular weight is 423 g/mol. The molecule has 5 nitrogen and oxygen atoms in total. The van der Waals surface area contributed by atoms with Crippen LogP contribution in [-0.2, 0) is 16.9 Å². The van der Waals surface area contributed by atoms with Gasteiger partial charge in [0.2, 0.25) is 5.79 Å². The molecule has 1 saturated carbocycles. The standard InChI is InChI=1S/C23H32F2N2O3/c24-21(25)15-26-10-6-22(28,7-11-26)18-4-5-20-17(14-18)16-29-23(30-20)8-12-27(13-9-23)19-2-1-3-19/h4-5,14,19,21,28H,1-3,6-13,15-16H2. The van der Waals surface area contributed by atoms with Crippen molar-refractivity contribution in [1.29, 1.82) is 0 Å². The molecular weight excluding hydrogens is 390 g/mol. The Labute approximate surface area is 176 Å². The van der Waals surface area contributed by atoms with Crippen molar-refractivity contribution in [3.8, 4) is 5.75 Å². The summed E-state index contributed by atoms with van der Waals surface area (Å²) in [6, 6.07) is 6.63. The second kappa shape index (κ2) is 8.01. The van der Waals surface area contributed by atoms with Crippen LogP contribution in [0.2, 0.25) is 0 Å². The van der Waals surface area contributed by atoms with E-state index >= 15 is 0 Å². The van der Waals surface area contributed by atoms with Gasteiger partial charge in [0, 0.05) is 50.6 Å². The molecule has 1 aliphatic carbocycles. The molecule has 0 aromatic heterocycles. The molecule has 1 aromatic carbocycles. The van der Waals surface area contributed by atoms with Crippen LogP contribution in [0.3, 0.4) is 0 Å². The number of hydrogen-bond donors (Lipinski definition) is 1. The van der Waals surface area contributed by atoms with E-state index in [1.807, 2.05) is 18.2 Å². The van der Waals surface area contributed by atoms with Gasteiger partial charge in [-0.25, -0.2) is 8.78 Å². The molecule has 166 valence electrons. The second-order valence-corrected chi connectivity index (χ2v) is 9.47. The van der Waals surface area contributed by atoms with Crippen LogP contribution in [-0.4, -0.2) is 65.9 Å². The van der Waals surface area contributed by atoms with Crippen LogP contribution >= 0.6 is 0 Å². The van der Waals surface area contributed by atoms with E-state index in [0.717, 1.165) is 48.8 Å². The second-order valence-electron chi connectivity index (χ2n) is 9.47. The van der Waals surface area contributed by atoms with E-state index < -0.39 is 17.8 Å². The number of benzene rings is 1. The lowest BCUT2D eigenvalue weighted by molar-refractivity contribution is -0.231. The van der Waals surface area contributed by atoms with E-state index in [1.54, 1.807) is 4.90 Å². The Balaban J connectivity index is 1.23. The summed E-state index contributed by atoms with van der Waals surface area (Å²) in [5, 5.41) is 11.1. The number of nitrogens with zero attached hydrogens (tertiary/aromatic N) is 2. The number of fused-ring (bicyclic) bond motifs is 1. The van der Waals surface area contributed by atoms with Crippen molar-refractivity contribution in [3.63, 3.8) is 0 Å². The Morgan fingerprint density at radius 2 is 1.80 bits per heavy atom. The van der Waals surface area contributed by atoms with Gasteiger partial charge in [-0.1, -0.05) is 12.5 Å². The van der Waals surface area contributed by atoms with Gasteiger partial charge in [0.05, 0.1) is 18.8 Å². The molecule has 3 heterocycles. The maximum absolute atomic E-state index is 12.6. The van der Waals surface area contributed by atoms with Crippen LogP contribution in [0.15, 0.2) is 18.2 Å². The Hall–Kier alpha value is -1.28. The lowest BCUT2D eigenvalue weighted by Gasteiger charge is -2.47. The summed E-state index contributed by atoms with van der Waals surface area (Å²) in [6.45, 7) is 3.26. The third-order valence-electron chi connectivity index (χ3n) is 7.61.